The van der Waals surface area contributed by atoms with Crippen molar-refractivity contribution in [2.45, 2.75) is 6.92 Å². The normalized spacial score (nSPS) is 10.6. The molecule has 0 atom stereocenters. The van der Waals surface area contributed by atoms with Crippen molar-refractivity contribution in [3.05, 3.63) is 45.4 Å². The van der Waals surface area contributed by atoms with Gasteiger partial charge in [0.15, 0.2) is 10.2 Å². The topological polar surface area (TPSA) is 72.5 Å². The Labute approximate surface area is 184 Å². The van der Waals surface area contributed by atoms with Gasteiger partial charge in [-0.05, 0) is 59.3 Å². The predicted octanol–water partition coefficient (Wildman–Crippen LogP) is 5.25. The summed E-state index contributed by atoms with van der Waals surface area (Å²) in [6.07, 6.45) is 0. The second kappa shape index (κ2) is 9.04. The average molecular weight is 501 g/mol. The Hall–Kier alpha value is -1.94. The lowest BCUT2D eigenvalue weighted by molar-refractivity contribution is 0.0977. The molecule has 3 rings (SSSR count). The summed E-state index contributed by atoms with van der Waals surface area (Å²) in [5.74, 6) is 0.900. The third-order valence-electron chi connectivity index (χ3n) is 3.60. The molecule has 6 nitrogen and oxygen atoms in total. The van der Waals surface area contributed by atoms with Crippen molar-refractivity contribution >= 4 is 77.5 Å². The van der Waals surface area contributed by atoms with Crippen LogP contribution in [0.3, 0.4) is 0 Å². The van der Waals surface area contributed by atoms with Gasteiger partial charge < -0.3 is 14.8 Å². The highest BCUT2D eigenvalue weighted by atomic mass is 79.9. The number of hydrogen-bond acceptors (Lipinski definition) is 6. The molecular weight excluding hydrogens is 486 g/mol. The van der Waals surface area contributed by atoms with Crippen LogP contribution in [-0.2, 0) is 0 Å². The summed E-state index contributed by atoms with van der Waals surface area (Å²) in [5.41, 5.74) is 1.16. The Bertz CT molecular complexity index is 1060. The zero-order valence-electron chi connectivity index (χ0n) is 14.8. The number of aromatic nitrogens is 1. The molecule has 0 saturated carbocycles. The Morgan fingerprint density at radius 3 is 2.79 bits per heavy atom. The number of ether oxygens (including phenoxy) is 2. The van der Waals surface area contributed by atoms with E-state index in [2.05, 4.69) is 31.5 Å². The first-order valence-corrected chi connectivity index (χ1v) is 10.5. The summed E-state index contributed by atoms with van der Waals surface area (Å²) >= 11 is 16.1. The highest BCUT2D eigenvalue weighted by Gasteiger charge is 2.13. The van der Waals surface area contributed by atoms with Gasteiger partial charge in [-0.25, -0.2) is 4.98 Å². The largest absolute Gasteiger partial charge is 0.495 e. The number of nitrogens with zero attached hydrogens (tertiary/aromatic N) is 1. The van der Waals surface area contributed by atoms with Crippen molar-refractivity contribution in [2.75, 3.05) is 19.0 Å². The summed E-state index contributed by atoms with van der Waals surface area (Å²) in [5, 5.41) is 6.72. The second-order valence-electron chi connectivity index (χ2n) is 5.46. The van der Waals surface area contributed by atoms with Crippen molar-refractivity contribution < 1.29 is 14.3 Å². The number of hydrogen-bond donors (Lipinski definition) is 2. The summed E-state index contributed by atoms with van der Waals surface area (Å²) in [7, 11) is 1.55. The molecule has 0 spiro atoms. The molecule has 0 saturated heterocycles. The molecule has 0 unspecified atom stereocenters. The van der Waals surface area contributed by atoms with E-state index in [-0.39, 0.29) is 11.0 Å². The number of fused-ring (bicyclic) bond motifs is 1. The van der Waals surface area contributed by atoms with Gasteiger partial charge >= 0.3 is 0 Å². The van der Waals surface area contributed by atoms with Crippen LogP contribution in [0.5, 0.6) is 11.5 Å². The summed E-state index contributed by atoms with van der Waals surface area (Å²) < 4.78 is 12.2. The number of nitrogens with one attached hydrogen (secondary N) is 2. The van der Waals surface area contributed by atoms with E-state index in [9.17, 15) is 4.79 Å². The third-order valence-corrected chi connectivity index (χ3v) is 5.66. The number of anilines is 1. The number of methoxy groups -OCH3 is 1. The number of thiazole rings is 1. The molecule has 0 fully saturated rings. The molecule has 0 aliphatic rings. The van der Waals surface area contributed by atoms with Crippen LogP contribution in [0, 0.1) is 0 Å². The van der Waals surface area contributed by atoms with Crippen LogP contribution in [0.4, 0.5) is 5.13 Å². The van der Waals surface area contributed by atoms with E-state index in [1.807, 2.05) is 6.92 Å². The molecule has 2 N–H and O–H groups in total. The Kier molecular flexibility index (Phi) is 6.71. The zero-order chi connectivity index (χ0) is 20.3. The number of amides is 1. The maximum Gasteiger partial charge on any atom is 0.257 e. The highest BCUT2D eigenvalue weighted by Crippen LogP contribution is 2.34. The minimum Gasteiger partial charge on any atom is -0.495 e. The molecule has 3 aromatic rings. The molecule has 1 heterocycles. The smallest absolute Gasteiger partial charge is 0.257 e. The van der Waals surface area contributed by atoms with E-state index in [4.69, 9.17) is 33.3 Å². The van der Waals surface area contributed by atoms with E-state index in [0.717, 1.165) is 4.70 Å². The third kappa shape index (κ3) is 4.72. The van der Waals surface area contributed by atoms with Gasteiger partial charge in [0.25, 0.3) is 5.91 Å². The molecule has 0 bridgehead atoms. The molecule has 10 heteroatoms. The van der Waals surface area contributed by atoms with Gasteiger partial charge in [-0.15, -0.1) is 0 Å². The molecule has 28 heavy (non-hydrogen) atoms. The Morgan fingerprint density at radius 2 is 2.11 bits per heavy atom. The number of carbonyl (C=O) groups is 1. The summed E-state index contributed by atoms with van der Waals surface area (Å²) in [6, 6.07) is 8.59. The molecule has 0 radical (unpaired) electrons. The van der Waals surface area contributed by atoms with Gasteiger partial charge in [-0.1, -0.05) is 22.9 Å². The molecule has 0 aliphatic heterocycles. The van der Waals surface area contributed by atoms with E-state index in [1.54, 1.807) is 37.4 Å². The molecule has 146 valence electrons. The standard InChI is InChI=1S/C18H15BrClN3O3S2/c1-3-26-13-5-4-9(6-10(13)19)16(24)22-17(27)23-18-21-12-7-11(20)14(25-2)8-15(12)28-18/h4-8H,3H2,1-2H3,(H2,21,22,23,24,27). The van der Waals surface area contributed by atoms with Crippen LogP contribution >= 0.6 is 51.1 Å². The number of thiocarbonyl (C=S) groups is 1. The maximum atomic E-state index is 12.4. The molecular formula is C18H15BrClN3O3S2. The fourth-order valence-electron chi connectivity index (χ4n) is 2.36. The first kappa shape index (κ1) is 20.8. The van der Waals surface area contributed by atoms with Crippen molar-refractivity contribution in [3.63, 3.8) is 0 Å². The number of benzene rings is 2. The van der Waals surface area contributed by atoms with Gasteiger partial charge in [0.1, 0.15) is 11.5 Å². The van der Waals surface area contributed by atoms with Crippen LogP contribution < -0.4 is 20.1 Å². The van der Waals surface area contributed by atoms with E-state index in [0.29, 0.717) is 43.8 Å². The van der Waals surface area contributed by atoms with Crippen molar-refractivity contribution in [3.8, 4) is 11.5 Å². The number of carbonyl (C=O) groups excluding carboxylic acids is 1. The molecule has 2 aromatic carbocycles. The van der Waals surface area contributed by atoms with Gasteiger partial charge in [0.2, 0.25) is 0 Å². The second-order valence-corrected chi connectivity index (χ2v) is 8.16. The highest BCUT2D eigenvalue weighted by molar-refractivity contribution is 9.10. The van der Waals surface area contributed by atoms with Crippen LogP contribution in [0.15, 0.2) is 34.8 Å². The molecule has 0 aliphatic carbocycles. The van der Waals surface area contributed by atoms with Gasteiger partial charge in [0, 0.05) is 11.6 Å². The minimum atomic E-state index is -0.341. The monoisotopic (exact) mass is 499 g/mol. The van der Waals surface area contributed by atoms with E-state index >= 15 is 0 Å². The van der Waals surface area contributed by atoms with E-state index < -0.39 is 0 Å². The van der Waals surface area contributed by atoms with Gasteiger partial charge in [-0.3, -0.25) is 10.1 Å². The Balaban J connectivity index is 1.69. The predicted molar refractivity (Wildman–Crippen MR) is 120 cm³/mol. The van der Waals surface area contributed by atoms with Gasteiger partial charge in [-0.2, -0.15) is 0 Å². The zero-order valence-corrected chi connectivity index (χ0v) is 18.8. The first-order chi connectivity index (χ1) is 13.4. The van der Waals surface area contributed by atoms with Crippen LogP contribution in [0.2, 0.25) is 5.02 Å². The van der Waals surface area contributed by atoms with E-state index in [1.165, 1.54) is 11.3 Å². The quantitative estimate of drug-likeness (QED) is 0.467. The van der Waals surface area contributed by atoms with Crippen LogP contribution in [0.1, 0.15) is 17.3 Å². The number of halogens is 2. The minimum absolute atomic E-state index is 0.145. The maximum absolute atomic E-state index is 12.4. The lowest BCUT2D eigenvalue weighted by Gasteiger charge is -2.09. The molecule has 1 aromatic heterocycles. The lowest BCUT2D eigenvalue weighted by Crippen LogP contribution is -2.34. The van der Waals surface area contributed by atoms with Crippen molar-refractivity contribution in [1.29, 1.82) is 0 Å². The van der Waals surface area contributed by atoms with Crippen LogP contribution in [-0.4, -0.2) is 29.7 Å². The average Bonchev–Trinajstić information content (AvgIpc) is 3.03. The fraction of sp³-hybridized carbons (Fsp3) is 0.167. The van der Waals surface area contributed by atoms with Crippen molar-refractivity contribution in [1.82, 2.24) is 10.3 Å². The Morgan fingerprint density at radius 1 is 1.32 bits per heavy atom. The first-order valence-electron chi connectivity index (χ1n) is 8.10. The van der Waals surface area contributed by atoms with Crippen molar-refractivity contribution in [2.24, 2.45) is 0 Å². The summed E-state index contributed by atoms with van der Waals surface area (Å²) in [6.45, 7) is 2.43. The number of rotatable bonds is 5. The lowest BCUT2D eigenvalue weighted by atomic mass is 10.2. The molecule has 1 amide bonds. The SMILES string of the molecule is CCOc1ccc(C(=O)NC(=S)Nc2nc3cc(Cl)c(OC)cc3s2)cc1Br. The summed E-state index contributed by atoms with van der Waals surface area (Å²) in [4.78, 5) is 16.8. The van der Waals surface area contributed by atoms with Gasteiger partial charge in [0.05, 0.1) is 33.4 Å². The fourth-order valence-corrected chi connectivity index (χ4v) is 4.22. The van der Waals surface area contributed by atoms with Crippen LogP contribution in [0.25, 0.3) is 10.2 Å².